The lowest BCUT2D eigenvalue weighted by atomic mass is 9.99. The highest BCUT2D eigenvalue weighted by Gasteiger charge is 2.30. The number of ether oxygens (including phenoxy) is 4. The van der Waals surface area contributed by atoms with Crippen molar-refractivity contribution < 1.29 is 80.2 Å². The number of phosphoric ester groups is 2. The van der Waals surface area contributed by atoms with Gasteiger partial charge in [-0.15, -0.1) is 0 Å². The Morgan fingerprint density at radius 3 is 0.922 bits per heavy atom. The average Bonchev–Trinajstić information content (AvgIpc) is 3.40. The van der Waals surface area contributed by atoms with E-state index in [1.165, 1.54) is 83.5 Å². The van der Waals surface area contributed by atoms with Crippen molar-refractivity contribution >= 4 is 39.5 Å². The summed E-state index contributed by atoms with van der Waals surface area (Å²) < 4.78 is 67.5. The Hall–Kier alpha value is -1.94. The molecule has 0 amide bonds. The fourth-order valence-corrected chi connectivity index (χ4v) is 10.1. The van der Waals surface area contributed by atoms with E-state index in [4.69, 9.17) is 37.0 Å². The molecule has 0 saturated heterocycles. The van der Waals surface area contributed by atoms with E-state index in [0.717, 1.165) is 121 Å². The van der Waals surface area contributed by atoms with Gasteiger partial charge in [0.25, 0.3) is 0 Å². The Morgan fingerprint density at radius 2 is 0.623 bits per heavy atom. The lowest BCUT2D eigenvalue weighted by Crippen LogP contribution is -2.30. The van der Waals surface area contributed by atoms with Crippen LogP contribution in [0.3, 0.4) is 0 Å². The van der Waals surface area contributed by atoms with Gasteiger partial charge in [-0.1, -0.05) is 234 Å². The van der Waals surface area contributed by atoms with Crippen molar-refractivity contribution in [1.82, 2.24) is 0 Å². The van der Waals surface area contributed by atoms with E-state index >= 15 is 0 Å². The van der Waals surface area contributed by atoms with Crippen molar-refractivity contribution in [3.05, 3.63) is 0 Å². The van der Waals surface area contributed by atoms with Crippen molar-refractivity contribution in [3.8, 4) is 0 Å². The standard InChI is InChI=1S/C58H112O17P2/c1-6-10-13-16-19-27-32-37-42-56(61)69-48-54(75-58(63)44-39-34-29-24-22-21-23-26-30-35-40-51(5)9-4)50-73-77(66,67)71-46-52(59)45-70-76(64,65)72-49-53(47-68-55(60)41-36-31-25-18-15-12-8-3)74-57(62)43-38-33-28-20-17-14-11-7-2/h51-54,59H,6-50H2,1-5H3,(H,64,65)(H,66,67)/t51?,52-,53+,54+/m0/s1. The molecule has 3 N–H and O–H groups in total. The molecule has 0 aliphatic rings. The largest absolute Gasteiger partial charge is 0.472 e. The maximum atomic E-state index is 12.9. The highest BCUT2D eigenvalue weighted by molar-refractivity contribution is 7.47. The fourth-order valence-electron chi connectivity index (χ4n) is 8.49. The van der Waals surface area contributed by atoms with Gasteiger partial charge in [0.2, 0.25) is 0 Å². The molecule has 17 nitrogen and oxygen atoms in total. The minimum absolute atomic E-state index is 0.104. The number of esters is 4. The zero-order valence-electron chi connectivity index (χ0n) is 49.1. The van der Waals surface area contributed by atoms with Gasteiger partial charge in [-0.25, -0.2) is 9.13 Å². The van der Waals surface area contributed by atoms with E-state index in [-0.39, 0.29) is 25.7 Å². The predicted molar refractivity (Wildman–Crippen MR) is 303 cm³/mol. The van der Waals surface area contributed by atoms with Gasteiger partial charge in [-0.2, -0.15) is 0 Å². The number of hydrogen-bond acceptors (Lipinski definition) is 15. The molecule has 456 valence electrons. The van der Waals surface area contributed by atoms with E-state index in [2.05, 4.69) is 34.6 Å². The van der Waals surface area contributed by atoms with Gasteiger partial charge in [0.15, 0.2) is 12.2 Å². The first-order valence-corrected chi connectivity index (χ1v) is 33.7. The molecule has 0 fully saturated rings. The third kappa shape index (κ3) is 51.9. The second-order valence-electron chi connectivity index (χ2n) is 21.3. The molecular formula is C58H112O17P2. The number of carbonyl (C=O) groups excluding carboxylic acids is 4. The molecule has 0 saturated carbocycles. The molecule has 0 rings (SSSR count). The maximum absolute atomic E-state index is 12.9. The van der Waals surface area contributed by atoms with Crippen LogP contribution in [-0.4, -0.2) is 96.7 Å². The second kappa shape index (κ2) is 52.2. The molecule has 77 heavy (non-hydrogen) atoms. The van der Waals surface area contributed by atoms with Gasteiger partial charge < -0.3 is 33.8 Å². The third-order valence-electron chi connectivity index (χ3n) is 13.6. The summed E-state index contributed by atoms with van der Waals surface area (Å²) in [5.74, 6) is -1.35. The molecule has 0 aliphatic carbocycles. The van der Waals surface area contributed by atoms with Gasteiger partial charge in [0.1, 0.15) is 19.3 Å². The number of aliphatic hydroxyl groups excluding tert-OH is 1. The zero-order chi connectivity index (χ0) is 57.1. The molecule has 0 bridgehead atoms. The molecule has 0 spiro atoms. The van der Waals surface area contributed by atoms with Gasteiger partial charge >= 0.3 is 39.5 Å². The van der Waals surface area contributed by atoms with Crippen molar-refractivity contribution in [1.29, 1.82) is 0 Å². The Balaban J connectivity index is 5.18. The van der Waals surface area contributed by atoms with E-state index in [1.54, 1.807) is 0 Å². The van der Waals surface area contributed by atoms with Crippen LogP contribution >= 0.6 is 15.6 Å². The highest BCUT2D eigenvalue weighted by Crippen LogP contribution is 2.45. The number of rotatable bonds is 58. The number of aliphatic hydroxyl groups is 1. The summed E-state index contributed by atoms with van der Waals surface area (Å²) in [6, 6.07) is 0. The van der Waals surface area contributed by atoms with E-state index in [9.17, 15) is 43.2 Å². The minimum atomic E-state index is -4.93. The number of phosphoric acid groups is 2. The quantitative estimate of drug-likeness (QED) is 0.0222. The number of hydrogen-bond donors (Lipinski definition) is 3. The smallest absolute Gasteiger partial charge is 0.462 e. The molecule has 0 aliphatic heterocycles. The van der Waals surface area contributed by atoms with Crippen molar-refractivity contribution in [3.63, 3.8) is 0 Å². The topological polar surface area (TPSA) is 237 Å². The van der Waals surface area contributed by atoms with Crippen LogP contribution < -0.4 is 0 Å². The molecule has 3 unspecified atom stereocenters. The zero-order valence-corrected chi connectivity index (χ0v) is 50.9. The SMILES string of the molecule is CCCCCCCCCCC(=O)OC[C@H](COP(=O)(O)OC[C@@H](O)COP(=O)(O)OC[C@@H](COC(=O)CCCCCCCCC)OC(=O)CCCCCCCCCC)OC(=O)CCCCCCCCCCCCC(C)CC. The lowest BCUT2D eigenvalue weighted by molar-refractivity contribution is -0.161. The normalized spacial score (nSPS) is 14.8. The van der Waals surface area contributed by atoms with Crippen LogP contribution in [0.5, 0.6) is 0 Å². The van der Waals surface area contributed by atoms with E-state index in [1.807, 2.05) is 0 Å². The van der Waals surface area contributed by atoms with Crippen LogP contribution in [0.1, 0.15) is 285 Å². The van der Waals surface area contributed by atoms with Gasteiger partial charge in [0.05, 0.1) is 26.4 Å². The fraction of sp³-hybridized carbons (Fsp3) is 0.931. The monoisotopic (exact) mass is 1140 g/mol. The highest BCUT2D eigenvalue weighted by atomic mass is 31.2. The summed E-state index contributed by atoms with van der Waals surface area (Å²) in [4.78, 5) is 71.7. The van der Waals surface area contributed by atoms with Crippen LogP contribution in [0.25, 0.3) is 0 Å². The van der Waals surface area contributed by atoms with Crippen LogP contribution in [0.2, 0.25) is 0 Å². The molecule has 0 radical (unpaired) electrons. The number of unbranched alkanes of at least 4 members (excludes halogenated alkanes) is 29. The van der Waals surface area contributed by atoms with Crippen LogP contribution in [-0.2, 0) is 65.4 Å². The molecule has 0 aromatic carbocycles. The van der Waals surface area contributed by atoms with Crippen LogP contribution in [0.15, 0.2) is 0 Å². The van der Waals surface area contributed by atoms with E-state index < -0.39 is 97.5 Å². The summed E-state index contributed by atoms with van der Waals surface area (Å²) in [7, 11) is -9.86. The summed E-state index contributed by atoms with van der Waals surface area (Å²) in [6.45, 7) is 7.08. The molecular weight excluding hydrogens is 1030 g/mol. The summed E-state index contributed by atoms with van der Waals surface area (Å²) in [6.07, 6.45) is 33.6. The molecule has 6 atom stereocenters. The first-order chi connectivity index (χ1) is 37.1. The second-order valence-corrected chi connectivity index (χ2v) is 24.2. The summed E-state index contributed by atoms with van der Waals surface area (Å²) in [5, 5.41) is 10.5. The van der Waals surface area contributed by atoms with Crippen LogP contribution in [0, 0.1) is 5.92 Å². The van der Waals surface area contributed by atoms with Crippen molar-refractivity contribution in [2.24, 2.45) is 5.92 Å². The van der Waals surface area contributed by atoms with Crippen LogP contribution in [0.4, 0.5) is 0 Å². The Bertz CT molecular complexity index is 1520. The Morgan fingerprint density at radius 1 is 0.364 bits per heavy atom. The summed E-state index contributed by atoms with van der Waals surface area (Å²) >= 11 is 0. The van der Waals surface area contributed by atoms with Gasteiger partial charge in [-0.3, -0.25) is 37.3 Å². The predicted octanol–water partition coefficient (Wildman–Crippen LogP) is 15.5. The molecule has 0 heterocycles. The average molecular weight is 1140 g/mol. The Labute approximate surface area is 467 Å². The minimum Gasteiger partial charge on any atom is -0.462 e. The maximum Gasteiger partial charge on any atom is 0.472 e. The Kier molecular flexibility index (Phi) is 50.8. The van der Waals surface area contributed by atoms with Crippen molar-refractivity contribution in [2.75, 3.05) is 39.6 Å². The summed E-state index contributed by atoms with van der Waals surface area (Å²) in [5.41, 5.74) is 0. The molecule has 19 heteroatoms. The lowest BCUT2D eigenvalue weighted by Gasteiger charge is -2.21. The first-order valence-electron chi connectivity index (χ1n) is 30.7. The molecule has 0 aromatic heterocycles. The van der Waals surface area contributed by atoms with E-state index in [0.29, 0.717) is 25.7 Å². The van der Waals surface area contributed by atoms with Crippen molar-refractivity contribution in [2.45, 2.75) is 303 Å². The first kappa shape index (κ1) is 75.1. The van der Waals surface area contributed by atoms with Gasteiger partial charge in [0, 0.05) is 25.7 Å². The number of carbonyl (C=O) groups is 4. The molecule has 0 aromatic rings. The third-order valence-corrected chi connectivity index (χ3v) is 15.5. The van der Waals surface area contributed by atoms with Gasteiger partial charge in [-0.05, 0) is 31.6 Å².